The summed E-state index contributed by atoms with van der Waals surface area (Å²) in [7, 11) is 0. The lowest BCUT2D eigenvalue weighted by Crippen LogP contribution is -2.22. The van der Waals surface area contributed by atoms with Crippen molar-refractivity contribution < 1.29 is 4.39 Å². The first-order chi connectivity index (χ1) is 9.54. The average molecular weight is 312 g/mol. The van der Waals surface area contributed by atoms with Crippen LogP contribution in [0.5, 0.6) is 0 Å². The zero-order valence-corrected chi connectivity index (χ0v) is 12.9. The first-order valence-electron chi connectivity index (χ1n) is 6.48. The summed E-state index contributed by atoms with van der Waals surface area (Å²) >= 11 is 12.3. The summed E-state index contributed by atoms with van der Waals surface area (Å²) in [5, 5.41) is 4.32. The van der Waals surface area contributed by atoms with E-state index in [9.17, 15) is 4.39 Å². The van der Waals surface area contributed by atoms with Gasteiger partial charge in [-0.05, 0) is 42.3 Å². The van der Waals surface area contributed by atoms with Gasteiger partial charge in [-0.25, -0.2) is 4.39 Å². The van der Waals surface area contributed by atoms with E-state index in [1.165, 1.54) is 0 Å². The standard InChI is InChI=1S/C16H16Cl2FN/c1-3-20-16(11-8-7-10(2)14(19)9-11)12-5-4-6-13(17)15(12)18/h4-9,16,20H,3H2,1-2H3. The van der Waals surface area contributed by atoms with E-state index in [4.69, 9.17) is 23.2 Å². The number of rotatable bonds is 4. The second-order valence-corrected chi connectivity index (χ2v) is 5.43. The molecule has 1 atom stereocenters. The lowest BCUT2D eigenvalue weighted by atomic mass is 9.97. The molecule has 20 heavy (non-hydrogen) atoms. The average Bonchev–Trinajstić information content (AvgIpc) is 2.43. The fourth-order valence-electron chi connectivity index (χ4n) is 2.14. The van der Waals surface area contributed by atoms with Crippen LogP contribution in [0.15, 0.2) is 36.4 Å². The van der Waals surface area contributed by atoms with Crippen LogP contribution >= 0.6 is 23.2 Å². The largest absolute Gasteiger partial charge is 0.306 e. The third-order valence-electron chi connectivity index (χ3n) is 3.23. The quantitative estimate of drug-likeness (QED) is 0.824. The van der Waals surface area contributed by atoms with Crippen LogP contribution in [0.25, 0.3) is 0 Å². The van der Waals surface area contributed by atoms with Gasteiger partial charge in [-0.15, -0.1) is 0 Å². The van der Waals surface area contributed by atoms with E-state index in [-0.39, 0.29) is 11.9 Å². The fraction of sp³-hybridized carbons (Fsp3) is 0.250. The van der Waals surface area contributed by atoms with E-state index in [0.717, 1.165) is 17.7 Å². The zero-order chi connectivity index (χ0) is 14.7. The van der Waals surface area contributed by atoms with Crippen molar-refractivity contribution in [1.29, 1.82) is 0 Å². The van der Waals surface area contributed by atoms with E-state index >= 15 is 0 Å². The van der Waals surface area contributed by atoms with Gasteiger partial charge >= 0.3 is 0 Å². The Morgan fingerprint density at radius 2 is 1.95 bits per heavy atom. The van der Waals surface area contributed by atoms with E-state index in [2.05, 4.69) is 5.32 Å². The smallest absolute Gasteiger partial charge is 0.126 e. The van der Waals surface area contributed by atoms with Gasteiger partial charge in [0.25, 0.3) is 0 Å². The predicted octanol–water partition coefficient (Wildman–Crippen LogP) is 5.14. The molecule has 0 aromatic heterocycles. The monoisotopic (exact) mass is 311 g/mol. The summed E-state index contributed by atoms with van der Waals surface area (Å²) in [4.78, 5) is 0. The van der Waals surface area contributed by atoms with E-state index in [1.807, 2.05) is 25.1 Å². The molecule has 0 fully saturated rings. The van der Waals surface area contributed by atoms with Gasteiger partial charge in [0.15, 0.2) is 0 Å². The SMILES string of the molecule is CCNC(c1ccc(C)c(F)c1)c1cccc(Cl)c1Cl. The molecule has 0 aliphatic heterocycles. The van der Waals surface area contributed by atoms with Crippen LogP contribution in [0.1, 0.15) is 29.7 Å². The molecule has 0 saturated heterocycles. The van der Waals surface area contributed by atoms with Crippen LogP contribution in [0.4, 0.5) is 4.39 Å². The molecule has 2 aromatic carbocycles. The van der Waals surface area contributed by atoms with Gasteiger partial charge in [0.1, 0.15) is 5.82 Å². The minimum atomic E-state index is -0.219. The van der Waals surface area contributed by atoms with Gasteiger partial charge in [-0.2, -0.15) is 0 Å². The minimum absolute atomic E-state index is 0.179. The molecule has 2 rings (SSSR count). The van der Waals surface area contributed by atoms with Crippen molar-refractivity contribution >= 4 is 23.2 Å². The zero-order valence-electron chi connectivity index (χ0n) is 11.4. The molecular weight excluding hydrogens is 296 g/mol. The number of hydrogen-bond acceptors (Lipinski definition) is 1. The topological polar surface area (TPSA) is 12.0 Å². The van der Waals surface area contributed by atoms with Crippen molar-refractivity contribution in [3.8, 4) is 0 Å². The van der Waals surface area contributed by atoms with Crippen LogP contribution < -0.4 is 5.32 Å². The summed E-state index contributed by atoms with van der Waals surface area (Å²) in [6.07, 6.45) is 0. The van der Waals surface area contributed by atoms with Crippen LogP contribution in [-0.4, -0.2) is 6.54 Å². The highest BCUT2D eigenvalue weighted by Crippen LogP contribution is 2.33. The number of hydrogen-bond donors (Lipinski definition) is 1. The number of nitrogens with one attached hydrogen (secondary N) is 1. The van der Waals surface area contributed by atoms with Gasteiger partial charge in [0, 0.05) is 0 Å². The normalized spacial score (nSPS) is 12.4. The third-order valence-corrected chi connectivity index (χ3v) is 4.06. The van der Waals surface area contributed by atoms with Gasteiger partial charge in [0.2, 0.25) is 0 Å². The summed E-state index contributed by atoms with van der Waals surface area (Å²) in [5.41, 5.74) is 2.31. The third kappa shape index (κ3) is 3.14. The van der Waals surface area contributed by atoms with Gasteiger partial charge in [-0.1, -0.05) is 54.4 Å². The Labute approximate surface area is 128 Å². The Morgan fingerprint density at radius 1 is 1.20 bits per heavy atom. The lowest BCUT2D eigenvalue weighted by Gasteiger charge is -2.21. The van der Waals surface area contributed by atoms with Gasteiger partial charge in [-0.3, -0.25) is 0 Å². The van der Waals surface area contributed by atoms with E-state index in [1.54, 1.807) is 25.1 Å². The summed E-state index contributed by atoms with van der Waals surface area (Å²) in [6.45, 7) is 4.48. The molecule has 1 unspecified atom stereocenters. The molecule has 1 N–H and O–H groups in total. The molecule has 2 aromatic rings. The Balaban J connectivity index is 2.50. The number of benzene rings is 2. The van der Waals surface area contributed by atoms with Crippen molar-refractivity contribution in [3.05, 3.63) is 69.0 Å². The van der Waals surface area contributed by atoms with Crippen molar-refractivity contribution in [2.45, 2.75) is 19.9 Å². The van der Waals surface area contributed by atoms with Crippen LogP contribution in [0.3, 0.4) is 0 Å². The Bertz CT molecular complexity index is 613. The second kappa shape index (κ2) is 6.57. The Kier molecular flexibility index (Phi) is 5.03. The molecule has 0 saturated carbocycles. The van der Waals surface area contributed by atoms with E-state index in [0.29, 0.717) is 15.6 Å². The molecule has 0 spiro atoms. The Hall–Kier alpha value is -1.09. The van der Waals surface area contributed by atoms with Gasteiger partial charge < -0.3 is 5.32 Å². The minimum Gasteiger partial charge on any atom is -0.306 e. The highest BCUT2D eigenvalue weighted by molar-refractivity contribution is 6.42. The Morgan fingerprint density at radius 3 is 2.60 bits per heavy atom. The maximum atomic E-state index is 13.8. The van der Waals surface area contributed by atoms with Crippen molar-refractivity contribution in [1.82, 2.24) is 5.32 Å². The molecule has 0 aliphatic carbocycles. The van der Waals surface area contributed by atoms with Crippen molar-refractivity contribution in [2.75, 3.05) is 6.54 Å². The molecular formula is C16H16Cl2FN. The number of aryl methyl sites for hydroxylation is 1. The maximum Gasteiger partial charge on any atom is 0.126 e. The first-order valence-corrected chi connectivity index (χ1v) is 7.23. The molecule has 4 heteroatoms. The molecule has 0 aliphatic rings. The molecule has 1 nitrogen and oxygen atoms in total. The summed E-state index contributed by atoms with van der Waals surface area (Å²) in [5.74, 6) is -0.219. The van der Waals surface area contributed by atoms with Crippen molar-refractivity contribution in [2.24, 2.45) is 0 Å². The van der Waals surface area contributed by atoms with Crippen molar-refractivity contribution in [3.63, 3.8) is 0 Å². The predicted molar refractivity (Wildman–Crippen MR) is 83.1 cm³/mol. The summed E-state index contributed by atoms with van der Waals surface area (Å²) in [6, 6.07) is 10.5. The van der Waals surface area contributed by atoms with Crippen LogP contribution in [0, 0.1) is 12.7 Å². The van der Waals surface area contributed by atoms with Gasteiger partial charge in [0.05, 0.1) is 16.1 Å². The fourth-order valence-corrected chi connectivity index (χ4v) is 2.56. The molecule has 106 valence electrons. The number of halogens is 3. The van der Waals surface area contributed by atoms with E-state index < -0.39 is 0 Å². The highest BCUT2D eigenvalue weighted by atomic mass is 35.5. The first kappa shape index (κ1) is 15.3. The molecule has 0 heterocycles. The summed E-state index contributed by atoms with van der Waals surface area (Å²) < 4.78 is 13.8. The molecule has 0 radical (unpaired) electrons. The van der Waals surface area contributed by atoms with Crippen LogP contribution in [0.2, 0.25) is 10.0 Å². The highest BCUT2D eigenvalue weighted by Gasteiger charge is 2.18. The second-order valence-electron chi connectivity index (χ2n) is 4.64. The van der Waals surface area contributed by atoms with Crippen LogP contribution in [-0.2, 0) is 0 Å². The molecule has 0 bridgehead atoms. The maximum absolute atomic E-state index is 13.8. The molecule has 0 amide bonds. The lowest BCUT2D eigenvalue weighted by molar-refractivity contribution is 0.597.